The van der Waals surface area contributed by atoms with Crippen molar-refractivity contribution in [3.8, 4) is 35.5 Å². The Labute approximate surface area is 345 Å². The van der Waals surface area contributed by atoms with Crippen molar-refractivity contribution in [1.82, 2.24) is 10.6 Å². The third kappa shape index (κ3) is 15.1. The molecule has 4 amide bonds. The van der Waals surface area contributed by atoms with Crippen molar-refractivity contribution in [2.75, 3.05) is 23.7 Å². The van der Waals surface area contributed by atoms with Crippen LogP contribution in [0.4, 0.5) is 30.6 Å². The van der Waals surface area contributed by atoms with Crippen molar-refractivity contribution < 1.29 is 47.8 Å². The molecule has 0 saturated heterocycles. The molecule has 0 aromatic heterocycles. The number of nitriles is 2. The van der Waals surface area contributed by atoms with E-state index in [1.165, 1.54) is 12.1 Å². The van der Waals surface area contributed by atoms with Crippen LogP contribution in [0.5, 0.6) is 23.0 Å². The van der Waals surface area contributed by atoms with Gasteiger partial charge in [0, 0.05) is 36.6 Å². The van der Waals surface area contributed by atoms with Gasteiger partial charge < -0.3 is 29.6 Å². The van der Waals surface area contributed by atoms with Crippen LogP contribution < -0.4 is 40.2 Å². The quantitative estimate of drug-likeness (QED) is 0.0258. The zero-order chi connectivity index (χ0) is 43.3. The summed E-state index contributed by atoms with van der Waals surface area (Å²) in [6.45, 7) is 7.59. The summed E-state index contributed by atoms with van der Waals surface area (Å²) in [6.07, 6.45) is 3.25. The maximum Gasteiger partial charge on any atom is 0.433 e. The van der Waals surface area contributed by atoms with Crippen molar-refractivity contribution in [2.24, 2.45) is 10.3 Å². The molecule has 0 fully saturated rings. The second-order valence-electron chi connectivity index (χ2n) is 12.8. The van der Waals surface area contributed by atoms with Gasteiger partial charge in [0.15, 0.2) is 0 Å². The molecule has 0 saturated carbocycles. The number of hydrogen-bond acceptors (Lipinski definition) is 14. The fourth-order valence-electron chi connectivity index (χ4n) is 5.08. The molecule has 0 aliphatic carbocycles. The van der Waals surface area contributed by atoms with Crippen LogP contribution in [0, 0.1) is 36.9 Å². The molecule has 0 bridgehead atoms. The zero-order valence-corrected chi connectivity index (χ0v) is 33.2. The van der Waals surface area contributed by atoms with Crippen LogP contribution in [-0.2, 0) is 9.68 Å². The van der Waals surface area contributed by atoms with Gasteiger partial charge in [-0.05, 0) is 123 Å². The number of carbonyl (C=O) groups excluding carboxylic acids is 4. The minimum Gasteiger partial charge on any atom is -0.410 e. The second-order valence-corrected chi connectivity index (χ2v) is 12.8. The van der Waals surface area contributed by atoms with Crippen LogP contribution in [0.1, 0.15) is 61.8 Å². The number of nitrogens with one attached hydrogen (secondary N) is 4. The van der Waals surface area contributed by atoms with Gasteiger partial charge in [-0.2, -0.15) is 0 Å². The molecule has 18 heteroatoms. The summed E-state index contributed by atoms with van der Waals surface area (Å²) < 4.78 is 20.3. The van der Waals surface area contributed by atoms with Gasteiger partial charge in [-0.3, -0.25) is 20.3 Å². The van der Waals surface area contributed by atoms with E-state index >= 15 is 0 Å². The van der Waals surface area contributed by atoms with Gasteiger partial charge in [-0.25, -0.2) is 19.2 Å². The fraction of sp³-hybridized carbons (Fsp3) is 0.238. The molecule has 0 unspecified atom stereocenters. The highest BCUT2D eigenvalue weighted by molar-refractivity contribution is 5.99. The number of aryl methyl sites for hydroxylation is 2. The van der Waals surface area contributed by atoms with Crippen LogP contribution in [0.15, 0.2) is 95.2 Å². The van der Waals surface area contributed by atoms with E-state index in [1.54, 1.807) is 113 Å². The monoisotopic (exact) mass is 818 g/mol. The van der Waals surface area contributed by atoms with Crippen molar-refractivity contribution in [1.29, 1.82) is 10.5 Å². The van der Waals surface area contributed by atoms with Gasteiger partial charge >= 0.3 is 24.4 Å². The Hall–Kier alpha value is -8.12. The van der Waals surface area contributed by atoms with Gasteiger partial charge in [0.2, 0.25) is 0 Å². The Morgan fingerprint density at radius 3 is 1.30 bits per heavy atom. The average molecular weight is 819 g/mol. The summed E-state index contributed by atoms with van der Waals surface area (Å²) >= 11 is 0. The predicted molar refractivity (Wildman–Crippen MR) is 219 cm³/mol. The molecule has 0 aliphatic heterocycles. The SMILES string of the molecule is C/C(=N\OC(=O)NCCCCCCNC(=O)O/N=C(\C)c1ccc(OC(=O)Nc2ccc(C)c(OC#N)c2)cc1)c1ccc(OC(=O)Nc2ccc(C)c(OC#N)c2)cc1. The van der Waals surface area contributed by atoms with Gasteiger partial charge in [-0.15, -0.1) is 10.5 Å². The summed E-state index contributed by atoms with van der Waals surface area (Å²) in [5.74, 6) is 1.17. The van der Waals surface area contributed by atoms with E-state index < -0.39 is 24.4 Å². The molecule has 0 heterocycles. The number of benzene rings is 4. The highest BCUT2D eigenvalue weighted by Gasteiger charge is 2.11. The number of unbranched alkanes of at least 4 members (excludes halogenated alkanes) is 3. The molecule has 0 spiro atoms. The molecule has 18 nitrogen and oxygen atoms in total. The topological polar surface area (TPSA) is 244 Å². The first-order valence-electron chi connectivity index (χ1n) is 18.4. The lowest BCUT2D eigenvalue weighted by atomic mass is 10.1. The molecule has 0 aliphatic rings. The number of ether oxygens (including phenoxy) is 4. The smallest absolute Gasteiger partial charge is 0.410 e. The summed E-state index contributed by atoms with van der Waals surface area (Å²) in [5, 5.41) is 35.6. The van der Waals surface area contributed by atoms with Crippen molar-refractivity contribution in [3.63, 3.8) is 0 Å². The lowest BCUT2D eigenvalue weighted by Crippen LogP contribution is -2.25. The number of oxime groups is 2. The molecule has 60 heavy (non-hydrogen) atoms. The van der Waals surface area contributed by atoms with Crippen LogP contribution in [-0.4, -0.2) is 48.9 Å². The highest BCUT2D eigenvalue weighted by atomic mass is 16.7. The van der Waals surface area contributed by atoms with E-state index in [2.05, 4.69) is 31.6 Å². The first-order chi connectivity index (χ1) is 28.9. The van der Waals surface area contributed by atoms with Crippen molar-refractivity contribution in [3.05, 3.63) is 107 Å². The van der Waals surface area contributed by atoms with E-state index in [0.717, 1.165) is 24.0 Å². The first-order valence-corrected chi connectivity index (χ1v) is 18.4. The number of carbonyl (C=O) groups is 4. The molecular formula is C42H42N8O10. The first kappa shape index (κ1) is 44.6. The number of hydrogen-bond donors (Lipinski definition) is 4. The summed E-state index contributed by atoms with van der Waals surface area (Å²) in [5.41, 5.74) is 4.36. The molecule has 4 rings (SSSR count). The largest absolute Gasteiger partial charge is 0.433 e. The van der Waals surface area contributed by atoms with Crippen molar-refractivity contribution >= 4 is 47.2 Å². The molecule has 4 aromatic carbocycles. The Morgan fingerprint density at radius 2 is 0.933 bits per heavy atom. The van der Waals surface area contributed by atoms with Gasteiger partial charge in [0.25, 0.3) is 12.5 Å². The van der Waals surface area contributed by atoms with Gasteiger partial charge in [0.05, 0.1) is 11.4 Å². The van der Waals surface area contributed by atoms with Gasteiger partial charge in [0.1, 0.15) is 23.0 Å². The average Bonchev–Trinajstić information content (AvgIpc) is 3.23. The summed E-state index contributed by atoms with van der Waals surface area (Å²) in [7, 11) is 0. The van der Waals surface area contributed by atoms with Crippen LogP contribution in [0.3, 0.4) is 0 Å². The minimum absolute atomic E-state index is 0.265. The lowest BCUT2D eigenvalue weighted by Gasteiger charge is -2.09. The normalized spacial score (nSPS) is 10.8. The Morgan fingerprint density at radius 1 is 0.550 bits per heavy atom. The molecule has 0 atom stereocenters. The van der Waals surface area contributed by atoms with E-state index in [0.29, 0.717) is 71.4 Å². The Balaban J connectivity index is 1.04. The zero-order valence-electron chi connectivity index (χ0n) is 33.2. The molecular weight excluding hydrogens is 777 g/mol. The summed E-state index contributed by atoms with van der Waals surface area (Å²) in [4.78, 5) is 58.7. The highest BCUT2D eigenvalue weighted by Crippen LogP contribution is 2.24. The molecule has 4 N–H and O–H groups in total. The second kappa shape index (κ2) is 23.2. The minimum atomic E-state index is -0.737. The lowest BCUT2D eigenvalue weighted by molar-refractivity contribution is 0.149. The Bertz CT molecular complexity index is 2120. The fourth-order valence-corrected chi connectivity index (χ4v) is 5.08. The van der Waals surface area contributed by atoms with Gasteiger partial charge in [-0.1, -0.05) is 35.3 Å². The van der Waals surface area contributed by atoms with E-state index in [1.807, 2.05) is 0 Å². The third-order valence-electron chi connectivity index (χ3n) is 8.32. The number of amides is 4. The number of nitrogens with zero attached hydrogens (tertiary/aromatic N) is 4. The van der Waals surface area contributed by atoms with Crippen LogP contribution >= 0.6 is 0 Å². The van der Waals surface area contributed by atoms with Crippen LogP contribution in [0.2, 0.25) is 0 Å². The molecule has 310 valence electrons. The molecule has 0 radical (unpaired) electrons. The van der Waals surface area contributed by atoms with E-state index in [-0.39, 0.29) is 11.5 Å². The standard InChI is InChI=1S/C42H42N8O10/c1-27-9-15-33(23-37(27)55-25-43)47-41(53)57-35-17-11-31(12-18-35)29(3)49-59-39(51)45-21-7-5-6-8-22-46-40(52)60-50-30(4)32-13-19-36(20-14-32)58-42(54)48-34-16-10-28(2)38(24-34)56-26-44/h9-20,23-24H,5-8,21-22H2,1-4H3,(H,45,51)(H,46,52)(H,47,53)(H,48,54)/b49-29+,50-30+. The van der Waals surface area contributed by atoms with E-state index in [4.69, 9.17) is 39.1 Å². The van der Waals surface area contributed by atoms with Crippen molar-refractivity contribution in [2.45, 2.75) is 53.4 Å². The maximum atomic E-state index is 12.3. The maximum absolute atomic E-state index is 12.3. The third-order valence-corrected chi connectivity index (χ3v) is 8.32. The molecule has 4 aromatic rings. The Kier molecular flexibility index (Phi) is 17.2. The number of anilines is 2. The number of rotatable bonds is 17. The predicted octanol–water partition coefficient (Wildman–Crippen LogP) is 8.41. The summed E-state index contributed by atoms with van der Waals surface area (Å²) in [6, 6.07) is 22.6. The van der Waals surface area contributed by atoms with Crippen LogP contribution in [0.25, 0.3) is 0 Å². The van der Waals surface area contributed by atoms with E-state index in [9.17, 15) is 19.2 Å².